The van der Waals surface area contributed by atoms with Crippen LogP contribution in [-0.2, 0) is 53.3 Å². The SMILES string of the molecule is CN(C)CCN(Cc1cc(C(C)(C)C)cc(C(C)(C)C)c1O)Cc1cc(C(C)(C)C)cc(C(C)(C)C)c1O.[Br][Zr+2][Br]. The van der Waals surface area contributed by atoms with Crippen LogP contribution in [-0.4, -0.2) is 47.2 Å². The molecule has 4 nitrogen and oxygen atoms in total. The molecule has 2 N–H and O–H groups in total. The number of rotatable bonds is 7. The van der Waals surface area contributed by atoms with E-state index in [1.807, 2.05) is 0 Å². The molecule has 2 aromatic carbocycles. The molecule has 0 bridgehead atoms. The summed E-state index contributed by atoms with van der Waals surface area (Å²) >= 11 is 6.32. The Morgan fingerprint density at radius 2 is 0.902 bits per heavy atom. The number of hydrogen-bond donors (Lipinski definition) is 2. The molecule has 7 heteroatoms. The number of nitrogens with zero attached hydrogens (tertiary/aromatic N) is 2. The number of likely N-dealkylation sites (N-methyl/N-ethyl adjacent to an activating group) is 1. The predicted octanol–water partition coefficient (Wildman–Crippen LogP) is 9.54. The molecular weight excluding hydrogens is 719 g/mol. The van der Waals surface area contributed by atoms with Crippen LogP contribution in [0.2, 0.25) is 0 Å². The van der Waals surface area contributed by atoms with Crippen molar-refractivity contribution < 1.29 is 28.7 Å². The van der Waals surface area contributed by atoms with E-state index in [2.05, 4.69) is 156 Å². The summed E-state index contributed by atoms with van der Waals surface area (Å²) < 4.78 is 0. The molecule has 0 unspecified atom stereocenters. The van der Waals surface area contributed by atoms with Gasteiger partial charge in [0.15, 0.2) is 0 Å². The van der Waals surface area contributed by atoms with E-state index in [-0.39, 0.29) is 40.2 Å². The molecular formula is C34H56Br2N2O2Zr+2. The fourth-order valence-corrected chi connectivity index (χ4v) is 4.68. The first-order chi connectivity index (χ1) is 18.4. The molecule has 0 heterocycles. The Morgan fingerprint density at radius 1 is 0.585 bits per heavy atom. The first-order valence-corrected chi connectivity index (χ1v) is 25.7. The Balaban J connectivity index is 0.00000268. The number of benzene rings is 2. The van der Waals surface area contributed by atoms with Gasteiger partial charge in [-0.2, -0.15) is 0 Å². The van der Waals surface area contributed by atoms with E-state index in [1.165, 1.54) is 11.1 Å². The maximum absolute atomic E-state index is 11.5. The Kier molecular flexibility index (Phi) is 14.4. The first-order valence-electron chi connectivity index (χ1n) is 14.5. The molecule has 0 saturated carbocycles. The topological polar surface area (TPSA) is 46.9 Å². The summed E-state index contributed by atoms with van der Waals surface area (Å²) in [5.41, 5.74) is 5.93. The van der Waals surface area contributed by atoms with E-state index < -0.39 is 0 Å². The van der Waals surface area contributed by atoms with Crippen LogP contribution in [0.5, 0.6) is 11.5 Å². The summed E-state index contributed by atoms with van der Waals surface area (Å²) in [7, 11) is 4.17. The zero-order chi connectivity index (χ0) is 32.1. The van der Waals surface area contributed by atoms with Gasteiger partial charge < -0.3 is 15.1 Å². The van der Waals surface area contributed by atoms with E-state index in [0.29, 0.717) is 24.6 Å². The third kappa shape index (κ3) is 12.0. The van der Waals surface area contributed by atoms with Crippen molar-refractivity contribution in [1.29, 1.82) is 0 Å². The zero-order valence-electron chi connectivity index (χ0n) is 28.2. The van der Waals surface area contributed by atoms with Gasteiger partial charge in [-0.15, -0.1) is 0 Å². The average molecular weight is 776 g/mol. The van der Waals surface area contributed by atoms with Gasteiger partial charge in [0.2, 0.25) is 0 Å². The molecule has 0 radical (unpaired) electrons. The molecule has 0 atom stereocenters. The van der Waals surface area contributed by atoms with E-state index in [9.17, 15) is 10.2 Å². The molecule has 0 spiro atoms. The van der Waals surface area contributed by atoms with Gasteiger partial charge in [-0.3, -0.25) is 4.90 Å². The molecule has 0 amide bonds. The Bertz CT molecular complexity index is 1050. The summed E-state index contributed by atoms with van der Waals surface area (Å²) in [4.78, 5) is 4.55. The second-order valence-electron chi connectivity index (χ2n) is 15.6. The van der Waals surface area contributed by atoms with Crippen LogP contribution in [0.4, 0.5) is 0 Å². The van der Waals surface area contributed by atoms with E-state index in [4.69, 9.17) is 0 Å². The first kappa shape index (κ1) is 38.8. The average Bonchev–Trinajstić information content (AvgIpc) is 2.77. The van der Waals surface area contributed by atoms with Crippen molar-refractivity contribution in [3.63, 3.8) is 0 Å². The molecule has 2 rings (SSSR count). The summed E-state index contributed by atoms with van der Waals surface area (Å²) in [6, 6.07) is 8.72. The van der Waals surface area contributed by atoms with Crippen molar-refractivity contribution >= 4 is 24.4 Å². The molecule has 0 aromatic heterocycles. The number of aromatic hydroxyl groups is 2. The fourth-order valence-electron chi connectivity index (χ4n) is 4.68. The van der Waals surface area contributed by atoms with Crippen molar-refractivity contribution in [3.05, 3.63) is 57.6 Å². The minimum absolute atomic E-state index is 0.0299. The Hall–Kier alpha value is -0.197. The molecule has 230 valence electrons. The number of hydrogen-bond acceptors (Lipinski definition) is 4. The van der Waals surface area contributed by atoms with E-state index >= 15 is 0 Å². The summed E-state index contributed by atoms with van der Waals surface area (Å²) in [6.45, 7) is 29.2. The van der Waals surface area contributed by atoms with Gasteiger partial charge in [-0.25, -0.2) is 0 Å². The molecule has 2 aromatic rings. The van der Waals surface area contributed by atoms with Gasteiger partial charge in [0.25, 0.3) is 0 Å². The van der Waals surface area contributed by atoms with Gasteiger partial charge in [0.1, 0.15) is 11.5 Å². The number of phenols is 2. The van der Waals surface area contributed by atoms with E-state index in [1.54, 1.807) is 0 Å². The molecule has 0 fully saturated rings. The molecule has 0 aliphatic heterocycles. The fraction of sp³-hybridized carbons (Fsp3) is 0.647. The second kappa shape index (κ2) is 15.2. The van der Waals surface area contributed by atoms with Crippen LogP contribution < -0.4 is 0 Å². The summed E-state index contributed by atoms with van der Waals surface area (Å²) in [5, 5.41) is 23.0. The van der Waals surface area contributed by atoms with Crippen LogP contribution >= 0.6 is 24.4 Å². The summed E-state index contributed by atoms with van der Waals surface area (Å²) in [5.74, 6) is 0.784. The van der Waals surface area contributed by atoms with Gasteiger partial charge in [-0.1, -0.05) is 107 Å². The second-order valence-corrected chi connectivity index (χ2v) is 27.0. The normalized spacial score (nSPS) is 12.8. The van der Waals surface area contributed by atoms with Gasteiger partial charge in [0.05, 0.1) is 0 Å². The van der Waals surface area contributed by atoms with Crippen LogP contribution in [0.1, 0.15) is 116 Å². The van der Waals surface area contributed by atoms with Crippen LogP contribution in [0.15, 0.2) is 24.3 Å². The van der Waals surface area contributed by atoms with Crippen molar-refractivity contribution in [2.24, 2.45) is 0 Å². The van der Waals surface area contributed by atoms with Crippen LogP contribution in [0.25, 0.3) is 0 Å². The monoisotopic (exact) mass is 772 g/mol. The summed E-state index contributed by atoms with van der Waals surface area (Å²) in [6.07, 6.45) is 0. The quantitative estimate of drug-likeness (QED) is 0.294. The molecule has 41 heavy (non-hydrogen) atoms. The minimum atomic E-state index is -0.171. The van der Waals surface area contributed by atoms with Crippen molar-refractivity contribution in [1.82, 2.24) is 9.80 Å². The molecule has 0 aliphatic rings. The van der Waals surface area contributed by atoms with E-state index in [0.717, 1.165) is 35.3 Å². The standard InChI is InChI=1S/C34H56N2O2.2BrH.Zr/c1-31(2,3)25-17-23(29(37)27(19-25)33(7,8)9)21-36(16-15-35(13)14)22-24-18-26(32(4,5)6)20-28(30(24)38)34(10,11)12;;;/h17-20,37-38H,15-16,21-22H2,1-14H3;2*1H;/q;;;+4/p-2. The predicted molar refractivity (Wildman–Crippen MR) is 182 cm³/mol. The third-order valence-electron chi connectivity index (χ3n) is 7.38. The Morgan fingerprint density at radius 3 is 1.15 bits per heavy atom. The van der Waals surface area contributed by atoms with Crippen molar-refractivity contribution in [3.8, 4) is 11.5 Å². The van der Waals surface area contributed by atoms with Crippen molar-refractivity contribution in [2.45, 2.75) is 118 Å². The van der Waals surface area contributed by atoms with Crippen LogP contribution in [0.3, 0.4) is 0 Å². The molecule has 0 saturated heterocycles. The number of halogens is 2. The zero-order valence-corrected chi connectivity index (χ0v) is 33.8. The van der Waals surface area contributed by atoms with Gasteiger partial charge >= 0.3 is 43.0 Å². The van der Waals surface area contributed by atoms with Crippen molar-refractivity contribution in [2.75, 3.05) is 27.2 Å². The van der Waals surface area contributed by atoms with Gasteiger partial charge in [-0.05, 0) is 58.0 Å². The van der Waals surface area contributed by atoms with Gasteiger partial charge in [0, 0.05) is 37.3 Å². The molecule has 0 aliphatic carbocycles. The maximum atomic E-state index is 11.5. The Labute approximate surface area is 275 Å². The van der Waals surface area contributed by atoms with Crippen LogP contribution in [0, 0.1) is 0 Å². The number of phenolic OH excluding ortho intramolecular Hbond substituents is 2. The third-order valence-corrected chi connectivity index (χ3v) is 7.38.